The van der Waals surface area contributed by atoms with Crippen molar-refractivity contribution in [2.45, 2.75) is 49.9 Å². The zero-order valence-electron chi connectivity index (χ0n) is 18.4. The number of fused-ring (bicyclic) bond motifs is 1. The van der Waals surface area contributed by atoms with Crippen molar-refractivity contribution in [2.24, 2.45) is 0 Å². The maximum absolute atomic E-state index is 13.1. The number of benzene rings is 1. The van der Waals surface area contributed by atoms with E-state index in [4.69, 9.17) is 0 Å². The van der Waals surface area contributed by atoms with E-state index in [2.05, 4.69) is 30.5 Å². The maximum Gasteiger partial charge on any atom is 0.416 e. The molecule has 3 aromatic rings. The van der Waals surface area contributed by atoms with Gasteiger partial charge in [-0.2, -0.15) is 13.2 Å². The monoisotopic (exact) mass is 490 g/mol. The third-order valence-corrected chi connectivity index (χ3v) is 7.61. The Labute approximate surface area is 198 Å². The molecule has 0 unspecified atom stereocenters. The Balaban J connectivity index is 1.09. The number of carbonyl (C=O) groups excluding carboxylic acids is 1. The van der Waals surface area contributed by atoms with Crippen LogP contribution in [-0.4, -0.2) is 57.5 Å². The quantitative estimate of drug-likeness (QED) is 0.543. The molecule has 0 spiro atoms. The predicted molar refractivity (Wildman–Crippen MR) is 124 cm³/mol. The van der Waals surface area contributed by atoms with Gasteiger partial charge >= 0.3 is 6.18 Å². The molecule has 1 saturated heterocycles. The number of hydrogen-bond donors (Lipinski definition) is 2. The molecule has 0 bridgehead atoms. The average Bonchev–Trinajstić information content (AvgIpc) is 3.34. The summed E-state index contributed by atoms with van der Waals surface area (Å²) in [6.45, 7) is 1.57. The lowest BCUT2D eigenvalue weighted by atomic mass is 9.84. The van der Waals surface area contributed by atoms with Crippen LogP contribution in [0.15, 0.2) is 36.1 Å². The van der Waals surface area contributed by atoms with Gasteiger partial charge in [-0.3, -0.25) is 9.69 Å². The number of likely N-dealkylation sites (tertiary alicyclic amines) is 1. The number of nitrogens with zero attached hydrogens (tertiary/aromatic N) is 4. The van der Waals surface area contributed by atoms with Crippen molar-refractivity contribution in [3.63, 3.8) is 0 Å². The molecule has 5 rings (SSSR count). The molecule has 34 heavy (non-hydrogen) atoms. The first-order valence-corrected chi connectivity index (χ1v) is 12.2. The summed E-state index contributed by atoms with van der Waals surface area (Å²) in [5.41, 5.74) is -0.400. The van der Waals surface area contributed by atoms with Crippen molar-refractivity contribution < 1.29 is 18.0 Å². The van der Waals surface area contributed by atoms with Crippen LogP contribution in [0.4, 0.5) is 19.0 Å². The van der Waals surface area contributed by atoms with Gasteiger partial charge in [0, 0.05) is 42.0 Å². The number of hydrogen-bond acceptors (Lipinski definition) is 7. The molecule has 1 aromatic carbocycles. The second-order valence-corrected chi connectivity index (χ2v) is 9.83. The summed E-state index contributed by atoms with van der Waals surface area (Å²) in [5.74, 6) is 0.568. The molecular weight excluding hydrogens is 465 g/mol. The predicted octanol–water partition coefficient (Wildman–Crippen LogP) is 4.04. The van der Waals surface area contributed by atoms with E-state index in [1.165, 1.54) is 17.4 Å². The minimum Gasteiger partial charge on any atom is -0.360 e. The van der Waals surface area contributed by atoms with Crippen LogP contribution < -0.4 is 10.6 Å². The first-order valence-electron chi connectivity index (χ1n) is 11.4. The number of thiazole rings is 1. The molecule has 7 nitrogen and oxygen atoms in total. The number of aromatic nitrogens is 3. The molecule has 0 radical (unpaired) electrons. The third kappa shape index (κ3) is 5.00. The molecule has 1 saturated carbocycles. The number of alkyl halides is 3. The number of halogens is 3. The van der Waals surface area contributed by atoms with E-state index in [-0.39, 0.29) is 29.7 Å². The van der Waals surface area contributed by atoms with Gasteiger partial charge in [-0.25, -0.2) is 15.0 Å². The normalized spacial score (nSPS) is 21.9. The van der Waals surface area contributed by atoms with Gasteiger partial charge in [-0.1, -0.05) is 0 Å². The second kappa shape index (κ2) is 9.46. The molecule has 2 N–H and O–H groups in total. The number of anilines is 1. The molecular formula is C23H25F3N6OS. The summed E-state index contributed by atoms with van der Waals surface area (Å²) < 4.78 is 39.2. The van der Waals surface area contributed by atoms with Crippen molar-refractivity contribution >= 4 is 34.0 Å². The van der Waals surface area contributed by atoms with Crippen molar-refractivity contribution in [1.82, 2.24) is 25.2 Å². The Kier molecular flexibility index (Phi) is 6.39. The molecule has 180 valence electrons. The summed E-state index contributed by atoms with van der Waals surface area (Å²) in [6, 6.07) is 3.93. The minimum atomic E-state index is -4.46. The lowest BCUT2D eigenvalue weighted by Gasteiger charge is -2.46. The van der Waals surface area contributed by atoms with Gasteiger partial charge in [0.25, 0.3) is 0 Å². The number of carbonyl (C=O) groups is 1. The van der Waals surface area contributed by atoms with Gasteiger partial charge in [0.1, 0.15) is 12.1 Å². The first kappa shape index (κ1) is 23.0. The Morgan fingerprint density at radius 2 is 1.91 bits per heavy atom. The lowest BCUT2D eigenvalue weighted by Crippen LogP contribution is -2.63. The number of rotatable bonds is 6. The fourth-order valence-electron chi connectivity index (χ4n) is 4.84. The zero-order valence-corrected chi connectivity index (χ0v) is 19.2. The first-order chi connectivity index (χ1) is 16.4. The van der Waals surface area contributed by atoms with E-state index in [0.717, 1.165) is 50.9 Å². The van der Waals surface area contributed by atoms with E-state index in [9.17, 15) is 18.0 Å². The van der Waals surface area contributed by atoms with Gasteiger partial charge in [0.15, 0.2) is 0 Å². The lowest BCUT2D eigenvalue weighted by molar-refractivity contribution is -0.137. The Morgan fingerprint density at radius 1 is 1.12 bits per heavy atom. The van der Waals surface area contributed by atoms with Crippen molar-refractivity contribution in [3.8, 4) is 0 Å². The average molecular weight is 491 g/mol. The molecule has 11 heteroatoms. The van der Waals surface area contributed by atoms with Crippen LogP contribution in [0.2, 0.25) is 0 Å². The summed E-state index contributed by atoms with van der Waals surface area (Å²) in [4.78, 5) is 27.3. The van der Waals surface area contributed by atoms with Crippen LogP contribution in [0, 0.1) is 0 Å². The minimum absolute atomic E-state index is 0.0716. The van der Waals surface area contributed by atoms with Crippen molar-refractivity contribution in [1.29, 1.82) is 0 Å². The van der Waals surface area contributed by atoms with Gasteiger partial charge in [-0.05, 0) is 43.9 Å². The highest BCUT2D eigenvalue weighted by atomic mass is 32.1. The van der Waals surface area contributed by atoms with E-state index in [1.54, 1.807) is 11.3 Å². The van der Waals surface area contributed by atoms with E-state index >= 15 is 0 Å². The smallest absolute Gasteiger partial charge is 0.360 e. The Morgan fingerprint density at radius 3 is 2.62 bits per heavy atom. The third-order valence-electron chi connectivity index (χ3n) is 6.67. The molecule has 2 aliphatic rings. The zero-order chi connectivity index (χ0) is 23.7. The molecule has 1 amide bonds. The molecule has 1 aliphatic heterocycles. The van der Waals surface area contributed by atoms with E-state index < -0.39 is 11.7 Å². The van der Waals surface area contributed by atoms with Crippen LogP contribution in [0.5, 0.6) is 0 Å². The van der Waals surface area contributed by atoms with Gasteiger partial charge in [0.05, 0.1) is 28.7 Å². The van der Waals surface area contributed by atoms with Gasteiger partial charge in [0.2, 0.25) is 5.91 Å². The molecule has 1 aliphatic carbocycles. The van der Waals surface area contributed by atoms with Crippen molar-refractivity contribution in [3.05, 3.63) is 46.7 Å². The van der Waals surface area contributed by atoms with Crippen LogP contribution in [-0.2, 0) is 11.0 Å². The van der Waals surface area contributed by atoms with Crippen LogP contribution in [0.1, 0.15) is 42.2 Å². The highest BCUT2D eigenvalue weighted by Gasteiger charge is 2.36. The number of nitrogens with one attached hydrogen (secondary N) is 2. The summed E-state index contributed by atoms with van der Waals surface area (Å²) in [7, 11) is 0. The maximum atomic E-state index is 13.1. The fourth-order valence-corrected chi connectivity index (χ4v) is 5.65. The topological polar surface area (TPSA) is 83.0 Å². The Bertz CT molecular complexity index is 1140. The highest BCUT2D eigenvalue weighted by molar-refractivity contribution is 7.09. The summed E-state index contributed by atoms with van der Waals surface area (Å²) >= 11 is 1.74. The Hall–Kier alpha value is -2.79. The summed E-state index contributed by atoms with van der Waals surface area (Å²) in [6.07, 6.45) is 3.27. The van der Waals surface area contributed by atoms with Gasteiger partial charge < -0.3 is 10.6 Å². The molecule has 3 heterocycles. The molecule has 2 fully saturated rings. The van der Waals surface area contributed by atoms with E-state index in [0.29, 0.717) is 17.5 Å². The second-order valence-electron chi connectivity index (χ2n) is 8.90. The van der Waals surface area contributed by atoms with Gasteiger partial charge in [-0.15, -0.1) is 11.3 Å². The van der Waals surface area contributed by atoms with Crippen LogP contribution in [0.25, 0.3) is 10.9 Å². The number of amides is 1. The summed E-state index contributed by atoms with van der Waals surface area (Å²) in [5, 5.41) is 9.36. The SMILES string of the molecule is O=C(CNc1ncnc2ccc(C(F)(F)F)cc12)NC1CN(C2CCC(c3nccs3)CC2)C1. The van der Waals surface area contributed by atoms with Crippen LogP contribution >= 0.6 is 11.3 Å². The highest BCUT2D eigenvalue weighted by Crippen LogP contribution is 2.37. The fraction of sp³-hybridized carbons (Fsp3) is 0.478. The largest absolute Gasteiger partial charge is 0.416 e. The molecule has 2 aromatic heterocycles. The molecule has 0 atom stereocenters. The standard InChI is InChI=1S/C23H25F3N6OS/c24-23(25,26)15-3-6-19-18(9-15)21(30-13-29-19)28-10-20(33)31-16-11-32(12-16)17-4-1-14(2-5-17)22-27-7-8-34-22/h3,6-9,13-14,16-17H,1-2,4-5,10-12H2,(H,31,33)(H,28,29,30). The van der Waals surface area contributed by atoms with Crippen LogP contribution in [0.3, 0.4) is 0 Å². The van der Waals surface area contributed by atoms with E-state index in [1.807, 2.05) is 11.6 Å². The van der Waals surface area contributed by atoms with Crippen molar-refractivity contribution in [2.75, 3.05) is 25.0 Å².